The number of guanidine groups is 1. The predicted octanol–water partition coefficient (Wildman–Crippen LogP) is 2.24. The molecule has 1 heterocycles. The summed E-state index contributed by atoms with van der Waals surface area (Å²) in [5.74, 6) is 0.731. The van der Waals surface area contributed by atoms with E-state index in [2.05, 4.69) is 65.0 Å². The van der Waals surface area contributed by atoms with E-state index in [-0.39, 0.29) is 12.5 Å². The molecule has 136 valence electrons. The van der Waals surface area contributed by atoms with Crippen molar-refractivity contribution in [3.05, 3.63) is 70.8 Å². The molecule has 2 aromatic carbocycles. The summed E-state index contributed by atoms with van der Waals surface area (Å²) in [6, 6.07) is 16.7. The minimum Gasteiger partial charge on any atom is -0.352 e. The number of nitrogens with zero attached hydrogens (tertiary/aromatic N) is 2. The van der Waals surface area contributed by atoms with Crippen molar-refractivity contribution in [2.45, 2.75) is 26.4 Å². The molecule has 0 atom stereocenters. The maximum Gasteiger partial charge on any atom is 0.242 e. The molecule has 1 aliphatic heterocycles. The van der Waals surface area contributed by atoms with E-state index in [0.717, 1.165) is 13.0 Å². The van der Waals surface area contributed by atoms with Gasteiger partial charge in [-0.1, -0.05) is 54.1 Å². The summed E-state index contributed by atoms with van der Waals surface area (Å²) in [5, 5.41) is 6.37. The van der Waals surface area contributed by atoms with E-state index in [0.29, 0.717) is 19.0 Å². The summed E-state index contributed by atoms with van der Waals surface area (Å²) in [5.41, 5.74) is 5.01. The highest BCUT2D eigenvalue weighted by molar-refractivity contribution is 5.86. The molecule has 1 aliphatic rings. The molecular weight excluding hydrogens is 324 g/mol. The molecule has 3 rings (SSSR count). The Hall–Kier alpha value is -2.82. The Labute approximate surface area is 155 Å². The van der Waals surface area contributed by atoms with Gasteiger partial charge in [-0.25, -0.2) is 0 Å². The van der Waals surface area contributed by atoms with Crippen molar-refractivity contribution in [1.29, 1.82) is 0 Å². The van der Waals surface area contributed by atoms with E-state index in [1.54, 1.807) is 7.05 Å². The van der Waals surface area contributed by atoms with Gasteiger partial charge in [-0.2, -0.15) is 0 Å². The smallest absolute Gasteiger partial charge is 0.242 e. The van der Waals surface area contributed by atoms with Crippen molar-refractivity contribution >= 4 is 11.9 Å². The van der Waals surface area contributed by atoms with Crippen LogP contribution in [0.4, 0.5) is 0 Å². The minimum absolute atomic E-state index is 0.0952. The van der Waals surface area contributed by atoms with Gasteiger partial charge in [0.1, 0.15) is 0 Å². The largest absolute Gasteiger partial charge is 0.352 e. The lowest BCUT2D eigenvalue weighted by molar-refractivity contribution is -0.130. The summed E-state index contributed by atoms with van der Waals surface area (Å²) >= 11 is 0. The third-order valence-corrected chi connectivity index (χ3v) is 4.69. The fraction of sp³-hybridized carbons (Fsp3) is 0.333. The maximum atomic E-state index is 12.5. The molecule has 2 N–H and O–H groups in total. The molecule has 0 saturated heterocycles. The van der Waals surface area contributed by atoms with Gasteiger partial charge in [0.05, 0.1) is 6.54 Å². The second-order valence-electron chi connectivity index (χ2n) is 6.60. The molecule has 0 saturated carbocycles. The third kappa shape index (κ3) is 4.63. The molecule has 0 radical (unpaired) electrons. The van der Waals surface area contributed by atoms with Gasteiger partial charge in [-0.15, -0.1) is 0 Å². The fourth-order valence-corrected chi connectivity index (χ4v) is 3.09. The Kier molecular flexibility index (Phi) is 5.89. The lowest BCUT2D eigenvalue weighted by atomic mass is 10.00. The Balaban J connectivity index is 1.48. The average molecular weight is 350 g/mol. The van der Waals surface area contributed by atoms with Crippen molar-refractivity contribution in [1.82, 2.24) is 15.5 Å². The van der Waals surface area contributed by atoms with Gasteiger partial charge in [0.2, 0.25) is 5.91 Å². The standard InChI is InChI=1S/C21H26N4O/c1-16-7-9-17(10-8-16)13-23-21(22-2)24-14-20(26)25-12-11-18-5-3-4-6-19(18)15-25/h3-10H,11-15H2,1-2H3,(H2,22,23,24). The van der Waals surface area contributed by atoms with Gasteiger partial charge in [0.25, 0.3) is 0 Å². The summed E-state index contributed by atoms with van der Waals surface area (Å²) in [4.78, 5) is 18.6. The minimum atomic E-state index is 0.0952. The van der Waals surface area contributed by atoms with Crippen LogP contribution in [0.5, 0.6) is 0 Å². The second-order valence-corrected chi connectivity index (χ2v) is 6.60. The SMILES string of the molecule is CN=C(NCC(=O)N1CCc2ccccc2C1)NCc1ccc(C)cc1. The van der Waals surface area contributed by atoms with Crippen LogP contribution in [0.25, 0.3) is 0 Å². The number of fused-ring (bicyclic) bond motifs is 1. The zero-order chi connectivity index (χ0) is 18.4. The van der Waals surface area contributed by atoms with Crippen LogP contribution in [-0.4, -0.2) is 36.9 Å². The van der Waals surface area contributed by atoms with Crippen molar-refractivity contribution in [2.24, 2.45) is 4.99 Å². The first-order chi connectivity index (χ1) is 12.7. The molecule has 0 aromatic heterocycles. The van der Waals surface area contributed by atoms with E-state index in [1.165, 1.54) is 22.3 Å². The van der Waals surface area contributed by atoms with Crippen LogP contribution in [0, 0.1) is 6.92 Å². The van der Waals surface area contributed by atoms with Gasteiger partial charge in [-0.05, 0) is 30.0 Å². The first-order valence-corrected chi connectivity index (χ1v) is 9.00. The lowest BCUT2D eigenvalue weighted by Crippen LogP contribution is -2.45. The van der Waals surface area contributed by atoms with E-state index in [1.807, 2.05) is 11.0 Å². The third-order valence-electron chi connectivity index (χ3n) is 4.69. The Morgan fingerprint density at radius 1 is 1.08 bits per heavy atom. The summed E-state index contributed by atoms with van der Waals surface area (Å²) in [6.07, 6.45) is 0.919. The topological polar surface area (TPSA) is 56.7 Å². The van der Waals surface area contributed by atoms with Crippen LogP contribution < -0.4 is 10.6 Å². The monoisotopic (exact) mass is 350 g/mol. The van der Waals surface area contributed by atoms with Gasteiger partial charge in [0, 0.05) is 26.7 Å². The van der Waals surface area contributed by atoms with Crippen molar-refractivity contribution in [2.75, 3.05) is 20.1 Å². The molecule has 5 heteroatoms. The van der Waals surface area contributed by atoms with Crippen LogP contribution in [0.15, 0.2) is 53.5 Å². The first-order valence-electron chi connectivity index (χ1n) is 9.00. The van der Waals surface area contributed by atoms with Crippen molar-refractivity contribution in [3.63, 3.8) is 0 Å². The summed E-state index contributed by atoms with van der Waals surface area (Å²) in [6.45, 7) is 4.45. The number of aryl methyl sites for hydroxylation is 1. The van der Waals surface area contributed by atoms with E-state index < -0.39 is 0 Å². The average Bonchev–Trinajstić information content (AvgIpc) is 2.68. The molecule has 0 bridgehead atoms. The van der Waals surface area contributed by atoms with E-state index in [9.17, 15) is 4.79 Å². The number of benzene rings is 2. The quantitative estimate of drug-likeness (QED) is 0.657. The number of carbonyl (C=O) groups excluding carboxylic acids is 1. The van der Waals surface area contributed by atoms with Gasteiger partial charge >= 0.3 is 0 Å². The van der Waals surface area contributed by atoms with Crippen LogP contribution in [0.1, 0.15) is 22.3 Å². The number of rotatable bonds is 4. The number of carbonyl (C=O) groups is 1. The van der Waals surface area contributed by atoms with Crippen LogP contribution in [0.2, 0.25) is 0 Å². The number of hydrogen-bond acceptors (Lipinski definition) is 2. The van der Waals surface area contributed by atoms with E-state index in [4.69, 9.17) is 0 Å². The zero-order valence-electron chi connectivity index (χ0n) is 15.5. The Bertz CT molecular complexity index is 783. The highest BCUT2D eigenvalue weighted by Gasteiger charge is 2.20. The highest BCUT2D eigenvalue weighted by Crippen LogP contribution is 2.18. The summed E-state index contributed by atoms with van der Waals surface area (Å²) in [7, 11) is 1.71. The zero-order valence-corrected chi connectivity index (χ0v) is 15.5. The van der Waals surface area contributed by atoms with Crippen LogP contribution in [-0.2, 0) is 24.3 Å². The van der Waals surface area contributed by atoms with Crippen LogP contribution >= 0.6 is 0 Å². The van der Waals surface area contributed by atoms with Crippen LogP contribution in [0.3, 0.4) is 0 Å². The predicted molar refractivity (Wildman–Crippen MR) is 105 cm³/mol. The Morgan fingerprint density at radius 3 is 2.54 bits per heavy atom. The van der Waals surface area contributed by atoms with Crippen molar-refractivity contribution < 1.29 is 4.79 Å². The van der Waals surface area contributed by atoms with Crippen molar-refractivity contribution in [3.8, 4) is 0 Å². The first kappa shape index (κ1) is 18.0. The number of hydrogen-bond donors (Lipinski definition) is 2. The normalized spacial score (nSPS) is 13.9. The van der Waals surface area contributed by atoms with E-state index >= 15 is 0 Å². The molecule has 0 fully saturated rings. The highest BCUT2D eigenvalue weighted by atomic mass is 16.2. The maximum absolute atomic E-state index is 12.5. The molecule has 1 amide bonds. The fourth-order valence-electron chi connectivity index (χ4n) is 3.09. The number of nitrogens with one attached hydrogen (secondary N) is 2. The molecule has 0 spiro atoms. The number of aliphatic imine (C=N–C) groups is 1. The molecule has 5 nitrogen and oxygen atoms in total. The van der Waals surface area contributed by atoms with Gasteiger partial charge in [0.15, 0.2) is 5.96 Å². The molecular formula is C21H26N4O. The molecule has 0 aliphatic carbocycles. The summed E-state index contributed by atoms with van der Waals surface area (Å²) < 4.78 is 0. The molecule has 26 heavy (non-hydrogen) atoms. The Morgan fingerprint density at radius 2 is 1.81 bits per heavy atom. The molecule has 2 aromatic rings. The molecule has 0 unspecified atom stereocenters. The van der Waals surface area contributed by atoms with Gasteiger partial charge in [-0.3, -0.25) is 9.79 Å². The van der Waals surface area contributed by atoms with Gasteiger partial charge < -0.3 is 15.5 Å². The second kappa shape index (κ2) is 8.52. The lowest BCUT2D eigenvalue weighted by Gasteiger charge is -2.29. The number of amides is 1.